The fourth-order valence-corrected chi connectivity index (χ4v) is 3.69. The van der Waals surface area contributed by atoms with Gasteiger partial charge in [0.15, 0.2) is 5.96 Å². The van der Waals surface area contributed by atoms with Crippen LogP contribution in [0.15, 0.2) is 33.7 Å². The summed E-state index contributed by atoms with van der Waals surface area (Å²) >= 11 is 3.59. The number of nitrogens with zero attached hydrogens (tertiary/aromatic N) is 2. The van der Waals surface area contributed by atoms with Crippen molar-refractivity contribution in [3.63, 3.8) is 0 Å². The highest BCUT2D eigenvalue weighted by Gasteiger charge is 2.35. The third-order valence-corrected chi connectivity index (χ3v) is 5.12. The molecule has 0 saturated heterocycles. The number of halogens is 2. The van der Waals surface area contributed by atoms with Gasteiger partial charge in [-0.05, 0) is 44.4 Å². The molecule has 5 heteroatoms. The molecular weight excluding hydrogens is 453 g/mol. The SMILES string of the molecule is CCN(CC)C(N)=NCC1(c2cccc(Br)c2)CCCC1.I. The minimum Gasteiger partial charge on any atom is -0.370 e. The third-order valence-electron chi connectivity index (χ3n) is 4.63. The Kier molecular flexibility index (Phi) is 8.17. The smallest absolute Gasteiger partial charge is 0.191 e. The van der Waals surface area contributed by atoms with Crippen LogP contribution < -0.4 is 5.73 Å². The highest BCUT2D eigenvalue weighted by atomic mass is 127. The van der Waals surface area contributed by atoms with E-state index in [0.29, 0.717) is 5.96 Å². The summed E-state index contributed by atoms with van der Waals surface area (Å²) in [6.45, 7) is 6.86. The summed E-state index contributed by atoms with van der Waals surface area (Å²) < 4.78 is 1.15. The molecule has 22 heavy (non-hydrogen) atoms. The molecule has 1 aromatic carbocycles. The normalized spacial score (nSPS) is 17.1. The second-order valence-corrected chi connectivity index (χ2v) is 6.76. The molecule has 0 radical (unpaired) electrons. The standard InChI is InChI=1S/C17H26BrN3.HI/c1-3-21(4-2)16(19)20-13-17(10-5-6-11-17)14-8-7-9-15(18)12-14;/h7-9,12H,3-6,10-11,13H2,1-2H3,(H2,19,20);1H. The lowest BCUT2D eigenvalue weighted by Gasteiger charge is -2.29. The highest BCUT2D eigenvalue weighted by Crippen LogP contribution is 2.42. The van der Waals surface area contributed by atoms with E-state index in [1.54, 1.807) is 0 Å². The average Bonchev–Trinajstić information content (AvgIpc) is 2.96. The van der Waals surface area contributed by atoms with Crippen LogP contribution in [0, 0.1) is 0 Å². The molecule has 0 heterocycles. The van der Waals surface area contributed by atoms with Crippen molar-refractivity contribution < 1.29 is 0 Å². The molecule has 0 unspecified atom stereocenters. The quantitative estimate of drug-likeness (QED) is 0.382. The minimum absolute atomic E-state index is 0. The van der Waals surface area contributed by atoms with Crippen molar-refractivity contribution in [1.29, 1.82) is 0 Å². The van der Waals surface area contributed by atoms with Crippen LogP contribution in [-0.4, -0.2) is 30.5 Å². The van der Waals surface area contributed by atoms with Gasteiger partial charge in [-0.3, -0.25) is 4.99 Å². The summed E-state index contributed by atoms with van der Waals surface area (Å²) in [5.74, 6) is 0.682. The molecule has 124 valence electrons. The second kappa shape index (κ2) is 9.11. The fraction of sp³-hybridized carbons (Fsp3) is 0.588. The number of nitrogens with two attached hydrogens (primary N) is 1. The van der Waals surface area contributed by atoms with E-state index in [0.717, 1.165) is 24.1 Å². The van der Waals surface area contributed by atoms with E-state index >= 15 is 0 Å². The van der Waals surface area contributed by atoms with Crippen LogP contribution in [0.1, 0.15) is 45.1 Å². The maximum atomic E-state index is 6.15. The maximum absolute atomic E-state index is 6.15. The molecule has 0 bridgehead atoms. The Labute approximate surface area is 159 Å². The lowest BCUT2D eigenvalue weighted by molar-refractivity contribution is 0.432. The predicted molar refractivity (Wildman–Crippen MR) is 109 cm³/mol. The van der Waals surface area contributed by atoms with Crippen molar-refractivity contribution in [3.05, 3.63) is 34.3 Å². The van der Waals surface area contributed by atoms with E-state index in [1.165, 1.54) is 31.2 Å². The maximum Gasteiger partial charge on any atom is 0.191 e. The lowest BCUT2D eigenvalue weighted by Crippen LogP contribution is -2.38. The molecule has 1 saturated carbocycles. The van der Waals surface area contributed by atoms with E-state index < -0.39 is 0 Å². The molecule has 1 aliphatic carbocycles. The summed E-state index contributed by atoms with van der Waals surface area (Å²) in [6.07, 6.45) is 4.98. The van der Waals surface area contributed by atoms with Crippen LogP contribution in [0.25, 0.3) is 0 Å². The van der Waals surface area contributed by atoms with Gasteiger partial charge in [0.2, 0.25) is 0 Å². The van der Waals surface area contributed by atoms with E-state index in [1.807, 2.05) is 0 Å². The van der Waals surface area contributed by atoms with Crippen LogP contribution in [0.4, 0.5) is 0 Å². The first-order chi connectivity index (χ1) is 10.1. The van der Waals surface area contributed by atoms with Gasteiger partial charge in [-0.2, -0.15) is 0 Å². The molecular formula is C17H27BrIN3. The Bertz CT molecular complexity index is 494. The van der Waals surface area contributed by atoms with Gasteiger partial charge in [-0.25, -0.2) is 0 Å². The molecule has 0 aliphatic heterocycles. The van der Waals surface area contributed by atoms with Crippen molar-refractivity contribution in [3.8, 4) is 0 Å². The summed E-state index contributed by atoms with van der Waals surface area (Å²) in [5, 5.41) is 0. The molecule has 1 aromatic rings. The van der Waals surface area contributed by atoms with Gasteiger partial charge < -0.3 is 10.6 Å². The number of rotatable bonds is 5. The van der Waals surface area contributed by atoms with Crippen LogP contribution in [0.5, 0.6) is 0 Å². The van der Waals surface area contributed by atoms with E-state index in [4.69, 9.17) is 10.7 Å². The third kappa shape index (κ3) is 4.60. The highest BCUT2D eigenvalue weighted by molar-refractivity contribution is 14.0. The number of hydrogen-bond acceptors (Lipinski definition) is 1. The van der Waals surface area contributed by atoms with Gasteiger partial charge in [0, 0.05) is 23.0 Å². The molecule has 0 spiro atoms. The molecule has 2 rings (SSSR count). The molecule has 0 aromatic heterocycles. The van der Waals surface area contributed by atoms with Crippen molar-refractivity contribution in [2.75, 3.05) is 19.6 Å². The minimum atomic E-state index is 0. The predicted octanol–water partition coefficient (Wildman–Crippen LogP) is 4.54. The Morgan fingerprint density at radius 1 is 1.27 bits per heavy atom. The van der Waals surface area contributed by atoms with Crippen LogP contribution >= 0.6 is 39.9 Å². The van der Waals surface area contributed by atoms with Crippen LogP contribution in [0.2, 0.25) is 0 Å². The van der Waals surface area contributed by atoms with Crippen molar-refractivity contribution in [2.45, 2.75) is 44.9 Å². The van der Waals surface area contributed by atoms with E-state index in [9.17, 15) is 0 Å². The van der Waals surface area contributed by atoms with Gasteiger partial charge in [0.05, 0.1) is 6.54 Å². The first-order valence-electron chi connectivity index (χ1n) is 7.92. The number of hydrogen-bond donors (Lipinski definition) is 1. The molecule has 2 N–H and O–H groups in total. The van der Waals surface area contributed by atoms with Gasteiger partial charge in [-0.15, -0.1) is 24.0 Å². The first kappa shape index (κ1) is 19.7. The largest absolute Gasteiger partial charge is 0.370 e. The zero-order chi connectivity index (χ0) is 15.3. The number of guanidine groups is 1. The zero-order valence-electron chi connectivity index (χ0n) is 13.5. The first-order valence-corrected chi connectivity index (χ1v) is 8.71. The van der Waals surface area contributed by atoms with Crippen LogP contribution in [-0.2, 0) is 5.41 Å². The summed E-state index contributed by atoms with van der Waals surface area (Å²) in [5.41, 5.74) is 7.71. The van der Waals surface area contributed by atoms with E-state index in [-0.39, 0.29) is 29.4 Å². The van der Waals surface area contributed by atoms with Crippen molar-refractivity contribution in [1.82, 2.24) is 4.90 Å². The fourth-order valence-electron chi connectivity index (χ4n) is 3.29. The Hall–Kier alpha value is -0.300. The second-order valence-electron chi connectivity index (χ2n) is 5.84. The lowest BCUT2D eigenvalue weighted by atomic mass is 9.79. The Morgan fingerprint density at radius 3 is 2.45 bits per heavy atom. The van der Waals surface area contributed by atoms with Gasteiger partial charge in [0.1, 0.15) is 0 Å². The van der Waals surface area contributed by atoms with Gasteiger partial charge >= 0.3 is 0 Å². The van der Waals surface area contributed by atoms with Crippen molar-refractivity contribution in [2.24, 2.45) is 10.7 Å². The molecule has 1 aliphatic rings. The molecule has 1 fully saturated rings. The molecule has 0 amide bonds. The van der Waals surface area contributed by atoms with Gasteiger partial charge in [-0.1, -0.05) is 40.9 Å². The Morgan fingerprint density at radius 2 is 1.91 bits per heavy atom. The summed E-state index contributed by atoms with van der Waals surface area (Å²) in [7, 11) is 0. The molecule has 0 atom stereocenters. The van der Waals surface area contributed by atoms with Crippen molar-refractivity contribution >= 4 is 45.9 Å². The zero-order valence-corrected chi connectivity index (χ0v) is 17.4. The number of aliphatic imine (C=N–C) groups is 1. The monoisotopic (exact) mass is 479 g/mol. The molecule has 3 nitrogen and oxygen atoms in total. The van der Waals surface area contributed by atoms with E-state index in [2.05, 4.69) is 58.9 Å². The average molecular weight is 480 g/mol. The topological polar surface area (TPSA) is 41.6 Å². The number of benzene rings is 1. The van der Waals surface area contributed by atoms with Gasteiger partial charge in [0.25, 0.3) is 0 Å². The Balaban J connectivity index is 0.00000242. The summed E-state index contributed by atoms with van der Waals surface area (Å²) in [6, 6.07) is 8.68. The summed E-state index contributed by atoms with van der Waals surface area (Å²) in [4.78, 5) is 6.85. The van der Waals surface area contributed by atoms with Crippen LogP contribution in [0.3, 0.4) is 0 Å².